The number of carbonyl (C=O) groups excluding carboxylic acids is 1. The standard InChI is InChI=1S/C23H23ClN2O5S/c1-16-19(24)7-6-8-20(16)25-23(27)15-26(21-9-4-5-10-22(21)31-3)32(28,29)18-13-11-17(30-2)12-14-18/h4-14H,15H2,1-3H3,(H,25,27). The van der Waals surface area contributed by atoms with Crippen LogP contribution in [0.5, 0.6) is 11.5 Å². The molecule has 0 radical (unpaired) electrons. The number of nitrogens with one attached hydrogen (secondary N) is 1. The molecule has 3 rings (SSSR count). The van der Waals surface area contributed by atoms with E-state index in [0.717, 1.165) is 4.31 Å². The van der Waals surface area contributed by atoms with Crippen molar-refractivity contribution in [3.8, 4) is 11.5 Å². The summed E-state index contributed by atoms with van der Waals surface area (Å²) in [7, 11) is -1.18. The number of anilines is 2. The summed E-state index contributed by atoms with van der Waals surface area (Å²) >= 11 is 6.13. The van der Waals surface area contributed by atoms with Gasteiger partial charge in [-0.25, -0.2) is 8.42 Å². The van der Waals surface area contributed by atoms with E-state index in [-0.39, 0.29) is 10.6 Å². The number of benzene rings is 3. The maximum absolute atomic E-state index is 13.5. The molecule has 0 aliphatic carbocycles. The number of para-hydroxylation sites is 2. The fraction of sp³-hybridized carbons (Fsp3) is 0.174. The van der Waals surface area contributed by atoms with Crippen LogP contribution in [0.25, 0.3) is 0 Å². The van der Waals surface area contributed by atoms with E-state index in [2.05, 4.69) is 5.32 Å². The van der Waals surface area contributed by atoms with Crippen LogP contribution in [0.15, 0.2) is 71.6 Å². The van der Waals surface area contributed by atoms with Crippen LogP contribution in [0.1, 0.15) is 5.56 Å². The Balaban J connectivity index is 2.00. The molecule has 0 fully saturated rings. The minimum atomic E-state index is -4.11. The van der Waals surface area contributed by atoms with Gasteiger partial charge in [-0.1, -0.05) is 29.8 Å². The van der Waals surface area contributed by atoms with Crippen LogP contribution < -0.4 is 19.1 Å². The van der Waals surface area contributed by atoms with Gasteiger partial charge in [0.15, 0.2) is 0 Å². The van der Waals surface area contributed by atoms with Crippen LogP contribution >= 0.6 is 11.6 Å². The van der Waals surface area contributed by atoms with Gasteiger partial charge in [0.25, 0.3) is 10.0 Å². The fourth-order valence-corrected chi connectivity index (χ4v) is 4.68. The highest BCUT2D eigenvalue weighted by Gasteiger charge is 2.29. The van der Waals surface area contributed by atoms with Gasteiger partial charge in [-0.3, -0.25) is 9.10 Å². The van der Waals surface area contributed by atoms with E-state index < -0.39 is 22.5 Å². The summed E-state index contributed by atoms with van der Waals surface area (Å²) in [6.07, 6.45) is 0. The molecule has 0 saturated heterocycles. The molecule has 1 amide bonds. The lowest BCUT2D eigenvalue weighted by Crippen LogP contribution is -2.38. The van der Waals surface area contributed by atoms with Gasteiger partial charge >= 0.3 is 0 Å². The molecule has 0 bridgehead atoms. The first-order chi connectivity index (χ1) is 15.3. The Kier molecular flexibility index (Phi) is 7.27. The number of hydrogen-bond acceptors (Lipinski definition) is 5. The van der Waals surface area contributed by atoms with E-state index in [1.807, 2.05) is 0 Å². The zero-order valence-electron chi connectivity index (χ0n) is 17.8. The smallest absolute Gasteiger partial charge is 0.264 e. The highest BCUT2D eigenvalue weighted by molar-refractivity contribution is 7.92. The van der Waals surface area contributed by atoms with Crippen molar-refractivity contribution < 1.29 is 22.7 Å². The van der Waals surface area contributed by atoms with Crippen LogP contribution in [-0.4, -0.2) is 35.1 Å². The minimum Gasteiger partial charge on any atom is -0.497 e. The molecule has 1 N–H and O–H groups in total. The third-order valence-electron chi connectivity index (χ3n) is 4.83. The first-order valence-corrected chi connectivity index (χ1v) is 11.4. The summed E-state index contributed by atoms with van der Waals surface area (Å²) in [6, 6.07) is 17.7. The molecule has 9 heteroatoms. The lowest BCUT2D eigenvalue weighted by Gasteiger charge is -2.26. The van der Waals surface area contributed by atoms with Gasteiger partial charge in [0.1, 0.15) is 18.0 Å². The van der Waals surface area contributed by atoms with Crippen LogP contribution in [0.2, 0.25) is 5.02 Å². The van der Waals surface area contributed by atoms with Crippen molar-refractivity contribution >= 4 is 38.9 Å². The minimum absolute atomic E-state index is 0.0101. The second kappa shape index (κ2) is 9.93. The van der Waals surface area contributed by atoms with Gasteiger partial charge < -0.3 is 14.8 Å². The molecule has 0 saturated carbocycles. The SMILES string of the molecule is COc1ccc(S(=O)(=O)N(CC(=O)Nc2cccc(Cl)c2C)c2ccccc2OC)cc1. The van der Waals surface area contributed by atoms with Crippen molar-refractivity contribution in [1.29, 1.82) is 0 Å². The number of amides is 1. The molecule has 0 atom stereocenters. The highest BCUT2D eigenvalue weighted by atomic mass is 35.5. The topological polar surface area (TPSA) is 84.9 Å². The van der Waals surface area contributed by atoms with Crippen LogP contribution in [0.4, 0.5) is 11.4 Å². The number of sulfonamides is 1. The molecule has 0 aliphatic rings. The Bertz CT molecular complexity index is 1210. The number of ether oxygens (including phenoxy) is 2. The number of halogens is 1. The maximum Gasteiger partial charge on any atom is 0.264 e. The number of methoxy groups -OCH3 is 2. The molecule has 168 valence electrons. The predicted octanol–water partition coefficient (Wildman–Crippen LogP) is 4.50. The second-order valence-electron chi connectivity index (χ2n) is 6.82. The Hall–Kier alpha value is -3.23. The zero-order chi connectivity index (χ0) is 23.3. The first-order valence-electron chi connectivity index (χ1n) is 9.62. The van der Waals surface area contributed by atoms with E-state index in [1.54, 1.807) is 61.5 Å². The molecule has 0 spiro atoms. The molecule has 3 aromatic rings. The summed E-state index contributed by atoms with van der Waals surface area (Å²) in [5.74, 6) is 0.302. The normalized spacial score (nSPS) is 11.0. The van der Waals surface area contributed by atoms with Crippen LogP contribution in [0.3, 0.4) is 0 Å². The molecule has 3 aromatic carbocycles. The summed E-state index contributed by atoms with van der Waals surface area (Å²) in [5, 5.41) is 3.24. The third-order valence-corrected chi connectivity index (χ3v) is 7.01. The number of rotatable bonds is 8. The van der Waals surface area contributed by atoms with Crippen molar-refractivity contribution in [1.82, 2.24) is 0 Å². The Morgan fingerprint density at radius 2 is 1.66 bits per heavy atom. The number of carbonyl (C=O) groups is 1. The monoisotopic (exact) mass is 474 g/mol. The lowest BCUT2D eigenvalue weighted by molar-refractivity contribution is -0.114. The first kappa shape index (κ1) is 23.4. The molecule has 32 heavy (non-hydrogen) atoms. The molecule has 0 unspecified atom stereocenters. The Morgan fingerprint density at radius 3 is 2.31 bits per heavy atom. The van der Waals surface area contributed by atoms with Crippen molar-refractivity contribution in [2.45, 2.75) is 11.8 Å². The third kappa shape index (κ3) is 4.98. The van der Waals surface area contributed by atoms with Crippen molar-refractivity contribution in [2.24, 2.45) is 0 Å². The van der Waals surface area contributed by atoms with Crippen LogP contribution in [-0.2, 0) is 14.8 Å². The molecule has 7 nitrogen and oxygen atoms in total. The summed E-state index contributed by atoms with van der Waals surface area (Å²) < 4.78 is 38.6. The zero-order valence-corrected chi connectivity index (χ0v) is 19.4. The number of hydrogen-bond donors (Lipinski definition) is 1. The van der Waals surface area contributed by atoms with E-state index in [0.29, 0.717) is 27.8 Å². The molecule has 0 aromatic heterocycles. The second-order valence-corrected chi connectivity index (χ2v) is 9.09. The van der Waals surface area contributed by atoms with E-state index in [4.69, 9.17) is 21.1 Å². The average molecular weight is 475 g/mol. The average Bonchev–Trinajstić information content (AvgIpc) is 2.80. The predicted molar refractivity (Wildman–Crippen MR) is 125 cm³/mol. The maximum atomic E-state index is 13.5. The molecule has 0 aliphatic heterocycles. The van der Waals surface area contributed by atoms with Gasteiger partial charge in [0, 0.05) is 10.7 Å². The van der Waals surface area contributed by atoms with Gasteiger partial charge in [-0.05, 0) is 61.0 Å². The van der Waals surface area contributed by atoms with E-state index in [1.165, 1.54) is 26.4 Å². The van der Waals surface area contributed by atoms with Crippen molar-refractivity contribution in [3.05, 3.63) is 77.3 Å². The van der Waals surface area contributed by atoms with Crippen molar-refractivity contribution in [2.75, 3.05) is 30.4 Å². The van der Waals surface area contributed by atoms with Gasteiger partial charge in [0.05, 0.1) is 24.8 Å². The van der Waals surface area contributed by atoms with Crippen LogP contribution in [0, 0.1) is 6.92 Å². The number of nitrogens with zero attached hydrogens (tertiary/aromatic N) is 1. The summed E-state index contributed by atoms with van der Waals surface area (Å²) in [5.41, 5.74) is 1.43. The van der Waals surface area contributed by atoms with Gasteiger partial charge in [-0.2, -0.15) is 0 Å². The summed E-state index contributed by atoms with van der Waals surface area (Å²) in [6.45, 7) is 1.30. The van der Waals surface area contributed by atoms with E-state index >= 15 is 0 Å². The van der Waals surface area contributed by atoms with Gasteiger partial charge in [-0.15, -0.1) is 0 Å². The van der Waals surface area contributed by atoms with E-state index in [9.17, 15) is 13.2 Å². The molecule has 0 heterocycles. The largest absolute Gasteiger partial charge is 0.497 e. The van der Waals surface area contributed by atoms with Gasteiger partial charge in [0.2, 0.25) is 5.91 Å². The Morgan fingerprint density at radius 1 is 0.969 bits per heavy atom. The quantitative estimate of drug-likeness (QED) is 0.519. The Labute approximate surface area is 192 Å². The molecular weight excluding hydrogens is 452 g/mol. The molecular formula is C23H23ClN2O5S. The highest BCUT2D eigenvalue weighted by Crippen LogP contribution is 2.33. The lowest BCUT2D eigenvalue weighted by atomic mass is 10.2. The fourth-order valence-electron chi connectivity index (χ4n) is 3.07. The summed E-state index contributed by atoms with van der Waals surface area (Å²) in [4.78, 5) is 12.9. The van der Waals surface area contributed by atoms with Crippen molar-refractivity contribution in [3.63, 3.8) is 0 Å².